The van der Waals surface area contributed by atoms with E-state index in [4.69, 9.17) is 19.8 Å². The smallest absolute Gasteiger partial charge is 0.234 e. The number of hydrogen-bond donors (Lipinski definition) is 0. The fourth-order valence-electron chi connectivity index (χ4n) is 4.72. The molecule has 0 atom stereocenters. The lowest BCUT2D eigenvalue weighted by atomic mass is 9.95. The molecule has 8 heteroatoms. The van der Waals surface area contributed by atoms with Crippen LogP contribution in [-0.2, 0) is 9.84 Å². The zero-order valence-electron chi connectivity index (χ0n) is 20.1. The minimum absolute atomic E-state index is 0.302. The standard InChI is InChI=1S/C26H29N3O4S/c1-25(2)15-20(16-26(3,4)34(25,30)31)33-24-14-22(19-12-10-18(17-27)11-13-19)29(28-24)21-8-6-7-9-23(21)32-5/h6-14,20H,15-16H2,1-5H3. The van der Waals surface area contributed by atoms with E-state index in [9.17, 15) is 8.42 Å². The summed E-state index contributed by atoms with van der Waals surface area (Å²) in [7, 11) is -1.71. The summed E-state index contributed by atoms with van der Waals surface area (Å²) < 4.78 is 37.8. The van der Waals surface area contributed by atoms with Crippen molar-refractivity contribution in [2.24, 2.45) is 0 Å². The molecule has 178 valence electrons. The molecule has 2 heterocycles. The van der Waals surface area contributed by atoms with Crippen LogP contribution in [0.25, 0.3) is 16.9 Å². The molecule has 0 spiro atoms. The Labute approximate surface area is 200 Å². The van der Waals surface area contributed by atoms with Gasteiger partial charge in [-0.3, -0.25) is 0 Å². The number of sulfone groups is 1. The molecule has 2 aromatic carbocycles. The average Bonchev–Trinajstić information content (AvgIpc) is 3.20. The van der Waals surface area contributed by atoms with E-state index in [2.05, 4.69) is 6.07 Å². The van der Waals surface area contributed by atoms with Gasteiger partial charge in [-0.1, -0.05) is 24.3 Å². The van der Waals surface area contributed by atoms with Crippen LogP contribution < -0.4 is 9.47 Å². The monoisotopic (exact) mass is 479 g/mol. The second-order valence-corrected chi connectivity index (χ2v) is 13.0. The van der Waals surface area contributed by atoms with Crippen LogP contribution in [0.1, 0.15) is 46.1 Å². The fourth-order valence-corrected chi connectivity index (χ4v) is 7.02. The number of para-hydroxylation sites is 2. The van der Waals surface area contributed by atoms with Crippen molar-refractivity contribution in [2.45, 2.75) is 56.1 Å². The topological polar surface area (TPSA) is 94.2 Å². The second kappa shape index (κ2) is 8.48. The molecule has 0 radical (unpaired) electrons. The molecule has 34 heavy (non-hydrogen) atoms. The molecule has 1 fully saturated rings. The van der Waals surface area contributed by atoms with E-state index in [0.29, 0.717) is 30.0 Å². The quantitative estimate of drug-likeness (QED) is 0.515. The molecule has 0 unspecified atom stereocenters. The third-order valence-corrected chi connectivity index (χ3v) is 9.73. The van der Waals surface area contributed by atoms with Crippen molar-refractivity contribution in [2.75, 3.05) is 7.11 Å². The lowest BCUT2D eigenvalue weighted by Gasteiger charge is -2.43. The van der Waals surface area contributed by atoms with Crippen LogP contribution in [0.3, 0.4) is 0 Å². The Morgan fingerprint density at radius 1 is 1.03 bits per heavy atom. The van der Waals surface area contributed by atoms with Gasteiger partial charge in [0.1, 0.15) is 17.5 Å². The van der Waals surface area contributed by atoms with Crippen molar-refractivity contribution in [3.8, 4) is 34.6 Å². The van der Waals surface area contributed by atoms with Crippen LogP contribution in [-0.4, -0.2) is 40.9 Å². The van der Waals surface area contributed by atoms with Crippen LogP contribution in [0.4, 0.5) is 0 Å². The first-order chi connectivity index (χ1) is 16.0. The van der Waals surface area contributed by atoms with Crippen LogP contribution in [0.5, 0.6) is 11.6 Å². The number of ether oxygens (including phenoxy) is 2. The zero-order valence-corrected chi connectivity index (χ0v) is 20.9. The van der Waals surface area contributed by atoms with E-state index in [-0.39, 0.29) is 6.10 Å². The van der Waals surface area contributed by atoms with Crippen molar-refractivity contribution in [1.82, 2.24) is 9.78 Å². The highest BCUT2D eigenvalue weighted by Crippen LogP contribution is 2.43. The van der Waals surface area contributed by atoms with Gasteiger partial charge in [-0.25, -0.2) is 13.1 Å². The molecule has 4 rings (SSSR count). The summed E-state index contributed by atoms with van der Waals surface area (Å²) in [5.74, 6) is 1.05. The highest BCUT2D eigenvalue weighted by molar-refractivity contribution is 7.94. The molecule has 3 aromatic rings. The van der Waals surface area contributed by atoms with E-state index >= 15 is 0 Å². The Kier molecular flexibility index (Phi) is 5.94. The number of nitriles is 1. The molecule has 1 saturated heterocycles. The molecule has 0 N–H and O–H groups in total. The minimum Gasteiger partial charge on any atom is -0.494 e. The number of benzene rings is 2. The minimum atomic E-state index is -3.32. The molecule has 7 nitrogen and oxygen atoms in total. The first kappa shape index (κ1) is 23.8. The second-order valence-electron chi connectivity index (χ2n) is 9.81. The molecule has 0 aliphatic carbocycles. The first-order valence-electron chi connectivity index (χ1n) is 11.1. The van der Waals surface area contributed by atoms with Gasteiger partial charge in [0.25, 0.3) is 0 Å². The summed E-state index contributed by atoms with van der Waals surface area (Å²) in [6, 6.07) is 18.8. The summed E-state index contributed by atoms with van der Waals surface area (Å²) in [5, 5.41) is 13.9. The van der Waals surface area contributed by atoms with E-state index in [1.165, 1.54) is 0 Å². The third-order valence-electron chi connectivity index (χ3n) is 6.49. The highest BCUT2D eigenvalue weighted by Gasteiger charge is 2.53. The average molecular weight is 480 g/mol. The van der Waals surface area contributed by atoms with Crippen LogP contribution in [0, 0.1) is 11.3 Å². The maximum atomic E-state index is 13.0. The molecule has 1 aliphatic heterocycles. The number of nitrogens with zero attached hydrogens (tertiary/aromatic N) is 3. The predicted octanol–water partition coefficient (Wildman–Crippen LogP) is 4.93. The van der Waals surface area contributed by atoms with Crippen LogP contribution in [0.15, 0.2) is 54.6 Å². The third kappa shape index (κ3) is 4.05. The highest BCUT2D eigenvalue weighted by atomic mass is 32.2. The Hall–Kier alpha value is -3.31. The maximum absolute atomic E-state index is 13.0. The van der Waals surface area contributed by atoms with Gasteiger partial charge in [0, 0.05) is 24.5 Å². The van der Waals surface area contributed by atoms with Gasteiger partial charge in [-0.2, -0.15) is 5.26 Å². The van der Waals surface area contributed by atoms with Gasteiger partial charge in [0.2, 0.25) is 5.88 Å². The predicted molar refractivity (Wildman–Crippen MR) is 131 cm³/mol. The summed E-state index contributed by atoms with van der Waals surface area (Å²) in [6.07, 6.45) is 0.460. The maximum Gasteiger partial charge on any atom is 0.234 e. The Balaban J connectivity index is 1.76. The van der Waals surface area contributed by atoms with Gasteiger partial charge in [0.05, 0.1) is 33.9 Å². The number of aromatic nitrogens is 2. The summed E-state index contributed by atoms with van der Waals surface area (Å²) in [5.41, 5.74) is 2.94. The molecule has 0 amide bonds. The largest absolute Gasteiger partial charge is 0.494 e. The van der Waals surface area contributed by atoms with Crippen molar-refractivity contribution in [3.63, 3.8) is 0 Å². The van der Waals surface area contributed by atoms with Crippen molar-refractivity contribution in [1.29, 1.82) is 5.26 Å². The zero-order chi connectivity index (χ0) is 24.7. The molecule has 0 saturated carbocycles. The lowest BCUT2D eigenvalue weighted by Crippen LogP contribution is -2.55. The summed E-state index contributed by atoms with van der Waals surface area (Å²) >= 11 is 0. The van der Waals surface area contributed by atoms with Gasteiger partial charge < -0.3 is 9.47 Å². The molecule has 1 aromatic heterocycles. The SMILES string of the molecule is COc1ccccc1-n1nc(OC2CC(C)(C)S(=O)(=O)C(C)(C)C2)cc1-c1ccc(C#N)cc1. The van der Waals surface area contributed by atoms with Crippen molar-refractivity contribution < 1.29 is 17.9 Å². The molecular formula is C26H29N3O4S. The van der Waals surface area contributed by atoms with Crippen LogP contribution in [0.2, 0.25) is 0 Å². The Morgan fingerprint density at radius 3 is 2.24 bits per heavy atom. The van der Waals surface area contributed by atoms with Gasteiger partial charge in [-0.05, 0) is 52.0 Å². The van der Waals surface area contributed by atoms with E-state index in [0.717, 1.165) is 16.9 Å². The van der Waals surface area contributed by atoms with E-state index in [1.807, 2.05) is 42.5 Å². The Bertz CT molecular complexity index is 1330. The number of rotatable bonds is 5. The van der Waals surface area contributed by atoms with Gasteiger partial charge >= 0.3 is 0 Å². The molecular weight excluding hydrogens is 450 g/mol. The summed E-state index contributed by atoms with van der Waals surface area (Å²) in [6.45, 7) is 7.04. The van der Waals surface area contributed by atoms with Crippen molar-refractivity contribution >= 4 is 9.84 Å². The molecule has 1 aliphatic rings. The van der Waals surface area contributed by atoms with Gasteiger partial charge in [-0.15, -0.1) is 5.10 Å². The van der Waals surface area contributed by atoms with Crippen molar-refractivity contribution in [3.05, 3.63) is 60.2 Å². The number of hydrogen-bond acceptors (Lipinski definition) is 6. The molecule has 0 bridgehead atoms. The summed E-state index contributed by atoms with van der Waals surface area (Å²) in [4.78, 5) is 0. The number of methoxy groups -OCH3 is 1. The van der Waals surface area contributed by atoms with Gasteiger partial charge in [0.15, 0.2) is 9.84 Å². The van der Waals surface area contributed by atoms with E-state index in [1.54, 1.807) is 51.6 Å². The first-order valence-corrected chi connectivity index (χ1v) is 12.6. The lowest BCUT2D eigenvalue weighted by molar-refractivity contribution is 0.138. The van der Waals surface area contributed by atoms with Crippen LogP contribution >= 0.6 is 0 Å². The van der Waals surface area contributed by atoms with E-state index < -0.39 is 19.3 Å². The normalized spacial score (nSPS) is 18.7. The Morgan fingerprint density at radius 2 is 1.65 bits per heavy atom. The fraction of sp³-hybridized carbons (Fsp3) is 0.385.